The van der Waals surface area contributed by atoms with Crippen molar-refractivity contribution < 1.29 is 66.0 Å². The molecule has 4 heteroatoms. The Balaban J connectivity index is 0.00000121. The summed E-state index contributed by atoms with van der Waals surface area (Å²) in [6.07, 6.45) is 3.31. The Morgan fingerprint density at radius 1 is 1.58 bits per heavy atom. The Morgan fingerprint density at radius 2 is 2.25 bits per heavy atom. The number of aliphatic carboxylic acids is 1. The van der Waals surface area contributed by atoms with Gasteiger partial charge in [-0.1, -0.05) is 0 Å². The van der Waals surface area contributed by atoms with Crippen molar-refractivity contribution in [2.45, 2.75) is 31.8 Å². The summed E-state index contributed by atoms with van der Waals surface area (Å²) in [7, 11) is 1.67. The zero-order valence-electron chi connectivity index (χ0n) is 7.71. The van der Waals surface area contributed by atoms with E-state index in [1.807, 2.05) is 0 Å². The minimum atomic E-state index is -0.938. The summed E-state index contributed by atoms with van der Waals surface area (Å²) < 4.78 is 5.11. The second-order valence-electron chi connectivity index (χ2n) is 3.11. The zero-order chi connectivity index (χ0) is 8.27. The van der Waals surface area contributed by atoms with E-state index in [4.69, 9.17) is 4.74 Å². The van der Waals surface area contributed by atoms with Crippen molar-refractivity contribution in [3.8, 4) is 0 Å². The molecule has 12 heavy (non-hydrogen) atoms. The Kier molecular flexibility index (Phi) is 7.09. The number of carboxylic acid groups (broad SMARTS) is 1. The summed E-state index contributed by atoms with van der Waals surface area (Å²) in [6, 6.07) is 0. The van der Waals surface area contributed by atoms with Crippen LogP contribution in [0.2, 0.25) is 0 Å². The van der Waals surface area contributed by atoms with Crippen LogP contribution in [0.5, 0.6) is 0 Å². The number of methoxy groups -OCH3 is 1. The van der Waals surface area contributed by atoms with E-state index < -0.39 is 5.97 Å². The maximum Gasteiger partial charge on any atom is 1.00 e. The molecule has 1 aliphatic carbocycles. The molecule has 1 rings (SSSR count). The van der Waals surface area contributed by atoms with E-state index in [0.717, 1.165) is 19.3 Å². The molecular weight excluding hydrogens is 183 g/mol. The van der Waals surface area contributed by atoms with Crippen LogP contribution in [0.4, 0.5) is 0 Å². The van der Waals surface area contributed by atoms with Gasteiger partial charge in [-0.25, -0.2) is 0 Å². The Labute approximate surface area is 115 Å². The summed E-state index contributed by atoms with van der Waals surface area (Å²) in [5, 5.41) is 10.2. The first-order chi connectivity index (χ1) is 5.22. The summed E-state index contributed by atoms with van der Waals surface area (Å²) in [5.74, 6) is -0.656. The van der Waals surface area contributed by atoms with E-state index in [2.05, 4.69) is 0 Å². The molecule has 0 aromatic heterocycles. The van der Waals surface area contributed by atoms with E-state index >= 15 is 0 Å². The molecule has 0 saturated heterocycles. The van der Waals surface area contributed by atoms with Crippen molar-refractivity contribution in [2.24, 2.45) is 5.92 Å². The van der Waals surface area contributed by atoms with Gasteiger partial charge in [-0.05, 0) is 31.6 Å². The van der Waals surface area contributed by atoms with E-state index in [-0.39, 0.29) is 69.8 Å². The molecule has 2 unspecified atom stereocenters. The number of hydrogen-bond acceptors (Lipinski definition) is 3. The average molecular weight is 196 g/mol. The molecule has 2 atom stereocenters. The van der Waals surface area contributed by atoms with Gasteiger partial charge in [0.25, 0.3) is 0 Å². The molecule has 1 fully saturated rings. The average Bonchev–Trinajstić information content (AvgIpc) is 2.34. The van der Waals surface area contributed by atoms with Crippen LogP contribution in [0, 0.1) is 5.92 Å². The smallest absolute Gasteiger partial charge is 0.550 e. The van der Waals surface area contributed by atoms with Crippen molar-refractivity contribution in [3.63, 3.8) is 0 Å². The molecule has 0 spiro atoms. The van der Waals surface area contributed by atoms with E-state index in [0.29, 0.717) is 0 Å². The molecule has 0 amide bonds. The topological polar surface area (TPSA) is 49.4 Å². The maximum atomic E-state index is 10.2. The van der Waals surface area contributed by atoms with Gasteiger partial charge in [0.1, 0.15) is 0 Å². The van der Waals surface area contributed by atoms with Gasteiger partial charge in [-0.3, -0.25) is 0 Å². The van der Waals surface area contributed by atoms with Crippen LogP contribution in [0.15, 0.2) is 0 Å². The second-order valence-corrected chi connectivity index (χ2v) is 3.11. The molecular formula is C8H13KO3. The van der Waals surface area contributed by atoms with E-state index in [1.54, 1.807) is 7.11 Å². The van der Waals surface area contributed by atoms with Crippen molar-refractivity contribution in [1.82, 2.24) is 0 Å². The van der Waals surface area contributed by atoms with Crippen molar-refractivity contribution in [1.29, 1.82) is 0 Å². The summed E-state index contributed by atoms with van der Waals surface area (Å²) in [5.41, 5.74) is 0. The monoisotopic (exact) mass is 196 g/mol. The molecule has 0 bridgehead atoms. The van der Waals surface area contributed by atoms with Gasteiger partial charge in [0.2, 0.25) is 0 Å². The van der Waals surface area contributed by atoms with Crippen LogP contribution in [-0.4, -0.2) is 19.2 Å². The fourth-order valence-electron chi connectivity index (χ4n) is 1.66. The first kappa shape index (κ1) is 13.1. The first-order valence-corrected chi connectivity index (χ1v) is 3.95. The summed E-state index contributed by atoms with van der Waals surface area (Å²) in [4.78, 5) is 10.2. The molecule has 64 valence electrons. The SMILES string of the molecule is COC1CCC(CC(=O)[O-])C1.[K+]. The Hall–Kier alpha value is 1.07. The van der Waals surface area contributed by atoms with Gasteiger partial charge in [0.05, 0.1) is 6.10 Å². The Morgan fingerprint density at radius 3 is 2.67 bits per heavy atom. The van der Waals surface area contributed by atoms with Gasteiger partial charge in [0.15, 0.2) is 0 Å². The Bertz CT molecular complexity index is 149. The normalized spacial score (nSPS) is 28.1. The van der Waals surface area contributed by atoms with Crippen molar-refractivity contribution in [3.05, 3.63) is 0 Å². The maximum absolute atomic E-state index is 10.2. The minimum Gasteiger partial charge on any atom is -0.550 e. The van der Waals surface area contributed by atoms with Gasteiger partial charge < -0.3 is 14.6 Å². The third kappa shape index (κ3) is 4.34. The van der Waals surface area contributed by atoms with Gasteiger partial charge in [-0.15, -0.1) is 0 Å². The van der Waals surface area contributed by atoms with E-state index in [1.165, 1.54) is 0 Å². The zero-order valence-corrected chi connectivity index (χ0v) is 10.8. The predicted molar refractivity (Wildman–Crippen MR) is 37.8 cm³/mol. The molecule has 1 aliphatic rings. The largest absolute Gasteiger partial charge is 1.00 e. The van der Waals surface area contributed by atoms with Crippen LogP contribution in [0.1, 0.15) is 25.7 Å². The number of carbonyl (C=O) groups is 1. The summed E-state index contributed by atoms with van der Waals surface area (Å²) >= 11 is 0. The molecule has 0 radical (unpaired) electrons. The van der Waals surface area contributed by atoms with Crippen LogP contribution in [0.3, 0.4) is 0 Å². The first-order valence-electron chi connectivity index (χ1n) is 3.95. The number of ether oxygens (including phenoxy) is 1. The third-order valence-electron chi connectivity index (χ3n) is 2.28. The predicted octanol–water partition coefficient (Wildman–Crippen LogP) is -3.05. The fourth-order valence-corrected chi connectivity index (χ4v) is 1.66. The van der Waals surface area contributed by atoms with Crippen LogP contribution >= 0.6 is 0 Å². The molecule has 1 saturated carbocycles. The molecule has 0 heterocycles. The number of rotatable bonds is 3. The van der Waals surface area contributed by atoms with Crippen LogP contribution in [-0.2, 0) is 9.53 Å². The van der Waals surface area contributed by atoms with Crippen molar-refractivity contribution in [2.75, 3.05) is 7.11 Å². The minimum absolute atomic E-state index is 0. The fraction of sp³-hybridized carbons (Fsp3) is 0.875. The molecule has 0 aliphatic heterocycles. The summed E-state index contributed by atoms with van der Waals surface area (Å²) in [6.45, 7) is 0. The van der Waals surface area contributed by atoms with Crippen molar-refractivity contribution >= 4 is 5.97 Å². The third-order valence-corrected chi connectivity index (χ3v) is 2.28. The van der Waals surface area contributed by atoms with Crippen LogP contribution < -0.4 is 56.5 Å². The standard InChI is InChI=1S/C8H14O3.K/c1-11-7-3-2-6(4-7)5-8(9)10;/h6-7H,2-5H2,1H3,(H,9,10);/q;+1/p-1. The molecule has 0 aromatic rings. The van der Waals surface area contributed by atoms with Gasteiger partial charge in [-0.2, -0.15) is 0 Å². The molecule has 0 N–H and O–H groups in total. The van der Waals surface area contributed by atoms with Crippen LogP contribution in [0.25, 0.3) is 0 Å². The number of hydrogen-bond donors (Lipinski definition) is 0. The van der Waals surface area contributed by atoms with Gasteiger partial charge in [0, 0.05) is 13.1 Å². The van der Waals surface area contributed by atoms with E-state index in [9.17, 15) is 9.90 Å². The van der Waals surface area contributed by atoms with Gasteiger partial charge >= 0.3 is 51.4 Å². The number of carbonyl (C=O) groups excluding carboxylic acids is 1. The molecule has 3 nitrogen and oxygen atoms in total. The second kappa shape index (κ2) is 6.51. The number of carboxylic acids is 1. The quantitative estimate of drug-likeness (QED) is 0.451. The molecule has 0 aromatic carbocycles.